The van der Waals surface area contributed by atoms with Gasteiger partial charge in [-0.1, -0.05) is 0 Å². The molecular weight excluding hydrogens is 128 g/mol. The maximum Gasteiger partial charge on any atom is 0.143 e. The Balaban J connectivity index is 2.19. The van der Waals surface area contributed by atoms with Crippen LogP contribution in [0.15, 0.2) is 0 Å². The Hall–Kier alpha value is -0.660. The molecule has 2 aliphatic carbocycles. The number of Topliss-reactive ketones (excluding diaryl/α,β-unsaturated/α-hetero) is 2. The van der Waals surface area contributed by atoms with Crippen LogP contribution in [0.2, 0.25) is 0 Å². The van der Waals surface area contributed by atoms with E-state index in [9.17, 15) is 9.59 Å². The molecule has 0 aliphatic heterocycles. The molecule has 10 heavy (non-hydrogen) atoms. The highest BCUT2D eigenvalue weighted by Crippen LogP contribution is 2.53. The van der Waals surface area contributed by atoms with Gasteiger partial charge >= 0.3 is 0 Å². The van der Waals surface area contributed by atoms with E-state index >= 15 is 0 Å². The maximum atomic E-state index is 11.0. The highest BCUT2D eigenvalue weighted by Gasteiger charge is 2.54. The molecule has 0 amide bonds. The Morgan fingerprint density at radius 3 is 2.60 bits per heavy atom. The zero-order valence-electron chi connectivity index (χ0n) is 5.96. The van der Waals surface area contributed by atoms with Gasteiger partial charge in [0.25, 0.3) is 0 Å². The quantitative estimate of drug-likeness (QED) is 0.502. The van der Waals surface area contributed by atoms with E-state index in [1.165, 1.54) is 6.92 Å². The van der Waals surface area contributed by atoms with Crippen molar-refractivity contribution in [2.75, 3.05) is 0 Å². The van der Waals surface area contributed by atoms with Crippen molar-refractivity contribution in [2.24, 2.45) is 17.8 Å². The van der Waals surface area contributed by atoms with E-state index in [0.29, 0.717) is 18.3 Å². The van der Waals surface area contributed by atoms with Crippen molar-refractivity contribution in [1.82, 2.24) is 0 Å². The van der Waals surface area contributed by atoms with Gasteiger partial charge in [0.1, 0.15) is 11.6 Å². The molecule has 0 bridgehead atoms. The van der Waals surface area contributed by atoms with Crippen molar-refractivity contribution in [1.29, 1.82) is 0 Å². The Labute approximate surface area is 59.6 Å². The molecule has 3 atom stereocenters. The van der Waals surface area contributed by atoms with E-state index in [-0.39, 0.29) is 17.5 Å². The summed E-state index contributed by atoms with van der Waals surface area (Å²) in [5.41, 5.74) is 0. The molecule has 0 aromatic rings. The highest BCUT2D eigenvalue weighted by molar-refractivity contribution is 6.04. The van der Waals surface area contributed by atoms with Crippen LogP contribution in [0.25, 0.3) is 0 Å². The SMILES string of the molecule is CC(=O)C1C(=O)CC2CC21. The fourth-order valence-electron chi connectivity index (χ4n) is 2.07. The summed E-state index contributed by atoms with van der Waals surface area (Å²) in [4.78, 5) is 21.9. The van der Waals surface area contributed by atoms with Crippen LogP contribution in [0.3, 0.4) is 0 Å². The molecule has 2 rings (SSSR count). The first-order chi connectivity index (χ1) is 4.70. The van der Waals surface area contributed by atoms with Crippen LogP contribution in [0, 0.1) is 17.8 Å². The van der Waals surface area contributed by atoms with Gasteiger partial charge in [-0.3, -0.25) is 9.59 Å². The fourth-order valence-corrected chi connectivity index (χ4v) is 2.07. The van der Waals surface area contributed by atoms with Crippen molar-refractivity contribution >= 4 is 11.6 Å². The summed E-state index contributed by atoms with van der Waals surface area (Å²) in [5.74, 6) is 1.10. The maximum absolute atomic E-state index is 11.0. The third kappa shape index (κ3) is 0.648. The van der Waals surface area contributed by atoms with Gasteiger partial charge in [-0.25, -0.2) is 0 Å². The van der Waals surface area contributed by atoms with Crippen LogP contribution in [0.4, 0.5) is 0 Å². The van der Waals surface area contributed by atoms with Gasteiger partial charge < -0.3 is 0 Å². The van der Waals surface area contributed by atoms with Crippen LogP contribution in [0.1, 0.15) is 19.8 Å². The van der Waals surface area contributed by atoms with E-state index in [1.54, 1.807) is 0 Å². The Bertz CT molecular complexity index is 207. The molecule has 2 saturated carbocycles. The zero-order chi connectivity index (χ0) is 7.30. The molecule has 0 radical (unpaired) electrons. The van der Waals surface area contributed by atoms with Crippen LogP contribution >= 0.6 is 0 Å². The van der Waals surface area contributed by atoms with Gasteiger partial charge in [-0.2, -0.15) is 0 Å². The molecule has 3 unspecified atom stereocenters. The molecule has 2 nitrogen and oxygen atoms in total. The zero-order valence-corrected chi connectivity index (χ0v) is 5.96. The molecule has 2 heteroatoms. The van der Waals surface area contributed by atoms with Crippen molar-refractivity contribution < 1.29 is 9.59 Å². The van der Waals surface area contributed by atoms with Crippen LogP contribution in [0.5, 0.6) is 0 Å². The van der Waals surface area contributed by atoms with Gasteiger partial charge in [-0.15, -0.1) is 0 Å². The summed E-state index contributed by atoms with van der Waals surface area (Å²) in [7, 11) is 0. The smallest absolute Gasteiger partial charge is 0.143 e. The molecule has 2 aliphatic rings. The summed E-state index contributed by atoms with van der Waals surface area (Å²) in [6.45, 7) is 1.53. The first-order valence-electron chi connectivity index (χ1n) is 3.73. The van der Waals surface area contributed by atoms with Crippen molar-refractivity contribution in [3.8, 4) is 0 Å². The second-order valence-corrected chi connectivity index (χ2v) is 3.42. The lowest BCUT2D eigenvalue weighted by atomic mass is 9.98. The molecule has 54 valence electrons. The Kier molecular flexibility index (Phi) is 1.02. The molecule has 0 aromatic carbocycles. The molecule has 0 saturated heterocycles. The summed E-state index contributed by atoms with van der Waals surface area (Å²) >= 11 is 0. The van der Waals surface area contributed by atoms with E-state index in [4.69, 9.17) is 0 Å². The van der Waals surface area contributed by atoms with Crippen molar-refractivity contribution in [2.45, 2.75) is 19.8 Å². The fraction of sp³-hybridized carbons (Fsp3) is 0.750. The molecule has 0 heterocycles. The van der Waals surface area contributed by atoms with Crippen LogP contribution in [-0.4, -0.2) is 11.6 Å². The lowest BCUT2D eigenvalue weighted by Gasteiger charge is -2.03. The lowest BCUT2D eigenvalue weighted by Crippen LogP contribution is -2.19. The molecule has 0 N–H and O–H groups in total. The summed E-state index contributed by atoms with van der Waals surface area (Å²) in [6.07, 6.45) is 1.80. The third-order valence-electron chi connectivity index (χ3n) is 2.65. The first kappa shape index (κ1) is 6.08. The molecular formula is C8H10O2. The normalized spacial score (nSPS) is 43.3. The van der Waals surface area contributed by atoms with E-state index in [1.807, 2.05) is 0 Å². The monoisotopic (exact) mass is 138 g/mol. The molecule has 0 aromatic heterocycles. The van der Waals surface area contributed by atoms with E-state index < -0.39 is 0 Å². The minimum Gasteiger partial charge on any atom is -0.299 e. The topological polar surface area (TPSA) is 34.1 Å². The highest BCUT2D eigenvalue weighted by atomic mass is 16.2. The average molecular weight is 138 g/mol. The number of hydrogen-bond acceptors (Lipinski definition) is 2. The van der Waals surface area contributed by atoms with Gasteiger partial charge in [-0.05, 0) is 25.2 Å². The number of carbonyl (C=O) groups is 2. The Morgan fingerprint density at radius 1 is 1.60 bits per heavy atom. The minimum atomic E-state index is -0.204. The first-order valence-corrected chi connectivity index (χ1v) is 3.73. The average Bonchev–Trinajstić information content (AvgIpc) is 2.42. The van der Waals surface area contributed by atoms with Crippen LogP contribution < -0.4 is 0 Å². The van der Waals surface area contributed by atoms with Crippen molar-refractivity contribution in [3.05, 3.63) is 0 Å². The lowest BCUT2D eigenvalue weighted by molar-refractivity contribution is -0.130. The number of hydrogen-bond donors (Lipinski definition) is 0. The third-order valence-corrected chi connectivity index (χ3v) is 2.65. The second-order valence-electron chi connectivity index (χ2n) is 3.42. The largest absolute Gasteiger partial charge is 0.299 e. The van der Waals surface area contributed by atoms with Crippen molar-refractivity contribution in [3.63, 3.8) is 0 Å². The standard InChI is InChI=1S/C8H10O2/c1-4(9)8-6-2-5(6)3-7(8)10/h5-6,8H,2-3H2,1H3. The second kappa shape index (κ2) is 1.68. The predicted molar refractivity (Wildman–Crippen MR) is 35.4 cm³/mol. The predicted octanol–water partition coefficient (Wildman–Crippen LogP) is 0.800. The summed E-state index contributed by atoms with van der Waals surface area (Å²) in [5, 5.41) is 0. The number of ketones is 2. The van der Waals surface area contributed by atoms with Gasteiger partial charge in [0, 0.05) is 6.42 Å². The number of rotatable bonds is 1. The number of fused-ring (bicyclic) bond motifs is 1. The minimum absolute atomic E-state index is 0.0787. The van der Waals surface area contributed by atoms with Crippen LogP contribution in [-0.2, 0) is 9.59 Å². The number of carbonyl (C=O) groups excluding carboxylic acids is 2. The summed E-state index contributed by atoms with van der Waals surface area (Å²) in [6, 6.07) is 0. The summed E-state index contributed by atoms with van der Waals surface area (Å²) < 4.78 is 0. The molecule has 2 fully saturated rings. The van der Waals surface area contributed by atoms with E-state index in [0.717, 1.165) is 6.42 Å². The van der Waals surface area contributed by atoms with Gasteiger partial charge in [0.05, 0.1) is 5.92 Å². The van der Waals surface area contributed by atoms with E-state index in [2.05, 4.69) is 0 Å². The Morgan fingerprint density at radius 2 is 2.30 bits per heavy atom. The molecule has 0 spiro atoms. The van der Waals surface area contributed by atoms with Gasteiger partial charge in [0.2, 0.25) is 0 Å². The van der Waals surface area contributed by atoms with Gasteiger partial charge in [0.15, 0.2) is 0 Å².